The molecule has 0 bridgehead atoms. The number of ether oxygens (including phenoxy) is 3. The molecular weight excluding hydrogens is 337 g/mol. The van der Waals surface area contributed by atoms with Crippen LogP contribution in [0.4, 0.5) is 4.39 Å². The van der Waals surface area contributed by atoms with Crippen molar-refractivity contribution in [2.24, 2.45) is 0 Å². The molecule has 0 aromatic heterocycles. The minimum absolute atomic E-state index is 0.0122. The molecule has 2 aromatic rings. The fourth-order valence-corrected chi connectivity index (χ4v) is 3.06. The lowest BCUT2D eigenvalue weighted by molar-refractivity contribution is -0.132. The molecule has 1 heterocycles. The minimum atomic E-state index is -0.423. The fraction of sp³-hybridized carbons (Fsp3) is 0.350. The third-order valence-corrected chi connectivity index (χ3v) is 4.48. The number of nitrogens with zero attached hydrogens (tertiary/aromatic N) is 1. The highest BCUT2D eigenvalue weighted by Gasteiger charge is 2.22. The largest absolute Gasteiger partial charge is 0.493 e. The van der Waals surface area contributed by atoms with Crippen LogP contribution in [0.15, 0.2) is 36.4 Å². The Balaban J connectivity index is 1.59. The van der Waals surface area contributed by atoms with E-state index in [0.29, 0.717) is 24.6 Å². The summed E-state index contributed by atoms with van der Waals surface area (Å²) in [5.74, 6) is 1.09. The van der Waals surface area contributed by atoms with E-state index in [4.69, 9.17) is 14.2 Å². The smallest absolute Gasteiger partial charge is 0.226 e. The summed E-state index contributed by atoms with van der Waals surface area (Å²) in [5.41, 5.74) is 2.21. The molecule has 0 N–H and O–H groups in total. The average Bonchev–Trinajstić information content (AvgIpc) is 2.67. The normalized spacial score (nSPS) is 13.1. The van der Waals surface area contributed by atoms with Gasteiger partial charge in [0.05, 0.1) is 27.2 Å². The van der Waals surface area contributed by atoms with E-state index in [0.717, 1.165) is 17.5 Å². The summed E-state index contributed by atoms with van der Waals surface area (Å²) in [4.78, 5) is 14.2. The second-order valence-corrected chi connectivity index (χ2v) is 6.07. The van der Waals surface area contributed by atoms with Crippen LogP contribution >= 0.6 is 0 Å². The molecule has 0 radical (unpaired) electrons. The number of hydrogen-bond acceptors (Lipinski definition) is 4. The van der Waals surface area contributed by atoms with Gasteiger partial charge < -0.3 is 19.1 Å². The number of fused-ring (bicyclic) bond motifs is 1. The van der Waals surface area contributed by atoms with Crippen molar-refractivity contribution < 1.29 is 23.4 Å². The standard InChI is InChI=1S/C20H22FNO4/c1-24-18-11-14-7-9-22(13-15(14)12-19(18)25-2)20(23)8-10-26-17-6-4-3-5-16(17)21/h3-6,11-12H,7-10,13H2,1-2H3. The summed E-state index contributed by atoms with van der Waals surface area (Å²) in [5, 5.41) is 0. The molecule has 26 heavy (non-hydrogen) atoms. The Bertz CT molecular complexity index is 793. The predicted molar refractivity (Wildman–Crippen MR) is 95.2 cm³/mol. The van der Waals surface area contributed by atoms with Crippen molar-refractivity contribution in [3.8, 4) is 17.2 Å². The van der Waals surface area contributed by atoms with Gasteiger partial charge in [0.25, 0.3) is 0 Å². The van der Waals surface area contributed by atoms with Gasteiger partial charge in [0.2, 0.25) is 5.91 Å². The number of rotatable bonds is 6. The summed E-state index contributed by atoms with van der Waals surface area (Å²) < 4.78 is 29.6. The van der Waals surface area contributed by atoms with Crippen LogP contribution in [0.2, 0.25) is 0 Å². The molecule has 1 aliphatic heterocycles. The second-order valence-electron chi connectivity index (χ2n) is 6.07. The van der Waals surface area contributed by atoms with Gasteiger partial charge in [-0.15, -0.1) is 0 Å². The third-order valence-electron chi connectivity index (χ3n) is 4.48. The van der Waals surface area contributed by atoms with Crippen molar-refractivity contribution in [1.29, 1.82) is 0 Å². The molecule has 0 atom stereocenters. The lowest BCUT2D eigenvalue weighted by Crippen LogP contribution is -2.36. The van der Waals surface area contributed by atoms with E-state index in [1.807, 2.05) is 12.1 Å². The number of hydrogen-bond donors (Lipinski definition) is 0. The van der Waals surface area contributed by atoms with Gasteiger partial charge in [0.1, 0.15) is 0 Å². The number of halogens is 1. The number of para-hydroxylation sites is 1. The summed E-state index contributed by atoms with van der Waals surface area (Å²) >= 11 is 0. The van der Waals surface area contributed by atoms with E-state index in [2.05, 4.69) is 0 Å². The maximum absolute atomic E-state index is 13.5. The van der Waals surface area contributed by atoms with E-state index in [9.17, 15) is 9.18 Å². The molecule has 6 heteroatoms. The van der Waals surface area contributed by atoms with Gasteiger partial charge in [-0.3, -0.25) is 4.79 Å². The van der Waals surface area contributed by atoms with Crippen LogP contribution in [-0.4, -0.2) is 38.2 Å². The molecule has 2 aromatic carbocycles. The van der Waals surface area contributed by atoms with Crippen LogP contribution < -0.4 is 14.2 Å². The number of amides is 1. The predicted octanol–water partition coefficient (Wildman–Crippen LogP) is 3.20. The van der Waals surface area contributed by atoms with E-state index in [-0.39, 0.29) is 24.7 Å². The van der Waals surface area contributed by atoms with Crippen LogP contribution in [0.5, 0.6) is 17.2 Å². The van der Waals surface area contributed by atoms with E-state index < -0.39 is 5.82 Å². The highest BCUT2D eigenvalue weighted by molar-refractivity contribution is 5.76. The molecule has 0 saturated carbocycles. The first-order valence-electron chi connectivity index (χ1n) is 8.51. The molecule has 1 aliphatic rings. The summed E-state index contributed by atoms with van der Waals surface area (Å²) in [7, 11) is 3.20. The lowest BCUT2D eigenvalue weighted by atomic mass is 9.98. The van der Waals surface area contributed by atoms with Gasteiger partial charge in [0.15, 0.2) is 23.1 Å². The first-order chi connectivity index (χ1) is 12.6. The first kappa shape index (κ1) is 18.0. The van der Waals surface area contributed by atoms with Crippen molar-refractivity contribution >= 4 is 5.91 Å². The molecule has 0 aliphatic carbocycles. The quantitative estimate of drug-likeness (QED) is 0.795. The van der Waals surface area contributed by atoms with E-state index in [1.165, 1.54) is 6.07 Å². The maximum Gasteiger partial charge on any atom is 0.226 e. The lowest BCUT2D eigenvalue weighted by Gasteiger charge is -2.29. The molecule has 138 valence electrons. The molecule has 1 amide bonds. The van der Waals surface area contributed by atoms with Crippen molar-refractivity contribution in [2.75, 3.05) is 27.4 Å². The summed E-state index contributed by atoms with van der Waals surface area (Å²) in [6, 6.07) is 10.1. The Morgan fingerprint density at radius 1 is 1.08 bits per heavy atom. The zero-order valence-corrected chi connectivity index (χ0v) is 15.0. The number of benzene rings is 2. The van der Waals surface area contributed by atoms with Crippen LogP contribution in [0.25, 0.3) is 0 Å². The van der Waals surface area contributed by atoms with Gasteiger partial charge >= 0.3 is 0 Å². The number of carbonyl (C=O) groups is 1. The Hall–Kier alpha value is -2.76. The zero-order valence-electron chi connectivity index (χ0n) is 15.0. The van der Waals surface area contributed by atoms with Gasteiger partial charge in [-0.25, -0.2) is 4.39 Å². The van der Waals surface area contributed by atoms with Crippen molar-refractivity contribution in [3.05, 3.63) is 53.3 Å². The molecule has 0 spiro atoms. The topological polar surface area (TPSA) is 48.0 Å². The average molecular weight is 359 g/mol. The summed E-state index contributed by atoms with van der Waals surface area (Å²) in [6.45, 7) is 1.31. The first-order valence-corrected chi connectivity index (χ1v) is 8.51. The highest BCUT2D eigenvalue weighted by atomic mass is 19.1. The van der Waals surface area contributed by atoms with Gasteiger partial charge in [-0.05, 0) is 41.8 Å². The molecule has 0 fully saturated rings. The minimum Gasteiger partial charge on any atom is -0.493 e. The van der Waals surface area contributed by atoms with Gasteiger partial charge in [-0.1, -0.05) is 12.1 Å². The zero-order chi connectivity index (χ0) is 18.5. The van der Waals surface area contributed by atoms with Crippen molar-refractivity contribution in [3.63, 3.8) is 0 Å². The molecule has 5 nitrogen and oxygen atoms in total. The van der Waals surface area contributed by atoms with E-state index >= 15 is 0 Å². The molecule has 0 unspecified atom stereocenters. The Morgan fingerprint density at radius 3 is 2.46 bits per heavy atom. The Labute approximate surface area is 152 Å². The van der Waals surface area contributed by atoms with Gasteiger partial charge in [-0.2, -0.15) is 0 Å². The highest BCUT2D eigenvalue weighted by Crippen LogP contribution is 2.33. The molecule has 3 rings (SSSR count). The number of methoxy groups -OCH3 is 2. The van der Waals surface area contributed by atoms with Crippen molar-refractivity contribution in [2.45, 2.75) is 19.4 Å². The Morgan fingerprint density at radius 2 is 1.77 bits per heavy atom. The van der Waals surface area contributed by atoms with Crippen molar-refractivity contribution in [1.82, 2.24) is 4.90 Å². The van der Waals surface area contributed by atoms with Crippen LogP contribution in [-0.2, 0) is 17.8 Å². The maximum atomic E-state index is 13.5. The molecular formula is C20H22FNO4. The SMILES string of the molecule is COc1cc2c(cc1OC)CN(C(=O)CCOc1ccccc1F)CC2. The van der Waals surface area contributed by atoms with Crippen LogP contribution in [0.3, 0.4) is 0 Å². The second kappa shape index (κ2) is 8.08. The molecule has 0 saturated heterocycles. The Kier molecular flexibility index (Phi) is 5.61. The van der Waals surface area contributed by atoms with Gasteiger partial charge in [0, 0.05) is 13.1 Å². The number of carbonyl (C=O) groups excluding carboxylic acids is 1. The van der Waals surface area contributed by atoms with Crippen LogP contribution in [0, 0.1) is 5.82 Å². The summed E-state index contributed by atoms with van der Waals surface area (Å²) in [6.07, 6.45) is 0.965. The van der Waals surface area contributed by atoms with Crippen LogP contribution in [0.1, 0.15) is 17.5 Å². The monoisotopic (exact) mass is 359 g/mol. The third kappa shape index (κ3) is 3.90. The fourth-order valence-electron chi connectivity index (χ4n) is 3.06. The van der Waals surface area contributed by atoms with E-state index in [1.54, 1.807) is 37.3 Å².